The summed E-state index contributed by atoms with van der Waals surface area (Å²) in [6.45, 7) is 3.35. The van der Waals surface area contributed by atoms with Crippen molar-refractivity contribution >= 4 is 40.2 Å². The number of rotatable bonds is 7. The van der Waals surface area contributed by atoms with E-state index in [0.717, 1.165) is 12.1 Å². The standard InChI is InChI=1S/C28H24F9IN4O2/c1-3-25(23(43)44-4-2)12-22(18-11-15(26(29,30)31)5-6-20(18)42-25)41-24-39-13-19(38)21(40-24)9-14-7-16(27(32,33)34)10-17(8-14)28(35,36)37/h5-8,10-11,13,22,42H,3-4,9,12H2,1-2H3,(H,39,40,41)/t22-,25+/m0/s1. The fourth-order valence-electron chi connectivity index (χ4n) is 4.88. The van der Waals surface area contributed by atoms with E-state index in [1.54, 1.807) is 36.4 Å². The summed E-state index contributed by atoms with van der Waals surface area (Å²) in [5.41, 5.74) is -5.11. The smallest absolute Gasteiger partial charge is 0.416 e. The number of benzene rings is 2. The van der Waals surface area contributed by atoms with E-state index < -0.39 is 59.2 Å². The van der Waals surface area contributed by atoms with Gasteiger partial charge in [-0.25, -0.2) is 14.8 Å². The summed E-state index contributed by atoms with van der Waals surface area (Å²) < 4.78 is 127. The first-order chi connectivity index (χ1) is 20.4. The quantitative estimate of drug-likeness (QED) is 0.144. The molecule has 2 atom stereocenters. The molecule has 0 aliphatic carbocycles. The van der Waals surface area contributed by atoms with Crippen molar-refractivity contribution in [2.24, 2.45) is 0 Å². The second kappa shape index (κ2) is 12.2. The summed E-state index contributed by atoms with van der Waals surface area (Å²) in [5.74, 6) is -0.790. The Hall–Kier alpha value is -3.31. The third kappa shape index (κ3) is 7.31. The predicted octanol–water partition coefficient (Wildman–Crippen LogP) is 8.41. The molecule has 0 amide bonds. The molecular formula is C28H24F9IN4O2. The van der Waals surface area contributed by atoms with Crippen LogP contribution in [0.25, 0.3) is 0 Å². The number of nitrogens with one attached hydrogen (secondary N) is 2. The Morgan fingerprint density at radius 3 is 2.14 bits per heavy atom. The summed E-state index contributed by atoms with van der Waals surface area (Å²) in [4.78, 5) is 21.4. The first-order valence-electron chi connectivity index (χ1n) is 13.1. The molecule has 4 rings (SSSR count). The largest absolute Gasteiger partial charge is 0.464 e. The van der Waals surface area contributed by atoms with E-state index in [9.17, 15) is 44.3 Å². The summed E-state index contributed by atoms with van der Waals surface area (Å²) in [6, 6.07) is 3.21. The lowest BCUT2D eigenvalue weighted by molar-refractivity contribution is -0.149. The van der Waals surface area contributed by atoms with E-state index in [-0.39, 0.29) is 54.0 Å². The van der Waals surface area contributed by atoms with Gasteiger partial charge < -0.3 is 15.4 Å². The second-order valence-electron chi connectivity index (χ2n) is 10.1. The highest BCUT2D eigenvalue weighted by Gasteiger charge is 2.46. The number of fused-ring (bicyclic) bond motifs is 1. The lowest BCUT2D eigenvalue weighted by Crippen LogP contribution is -2.51. The van der Waals surface area contributed by atoms with E-state index in [4.69, 9.17) is 4.74 Å². The average molecular weight is 746 g/mol. The Morgan fingerprint density at radius 2 is 1.59 bits per heavy atom. The van der Waals surface area contributed by atoms with E-state index in [1.807, 2.05) is 0 Å². The molecule has 238 valence electrons. The monoisotopic (exact) mass is 746 g/mol. The minimum Gasteiger partial charge on any atom is -0.464 e. The van der Waals surface area contributed by atoms with Crippen molar-refractivity contribution < 1.29 is 49.0 Å². The van der Waals surface area contributed by atoms with E-state index >= 15 is 0 Å². The topological polar surface area (TPSA) is 76.1 Å². The number of esters is 1. The van der Waals surface area contributed by atoms with Gasteiger partial charge in [-0.15, -0.1) is 0 Å². The molecule has 1 aliphatic heterocycles. The van der Waals surface area contributed by atoms with Gasteiger partial charge in [-0.2, -0.15) is 39.5 Å². The van der Waals surface area contributed by atoms with Crippen LogP contribution in [-0.4, -0.2) is 28.1 Å². The summed E-state index contributed by atoms with van der Waals surface area (Å²) in [6.07, 6.45) is -13.8. The van der Waals surface area contributed by atoms with Crippen molar-refractivity contribution in [1.82, 2.24) is 9.97 Å². The third-order valence-corrected chi connectivity index (χ3v) is 7.99. The number of aromatic nitrogens is 2. The van der Waals surface area contributed by atoms with E-state index in [2.05, 4.69) is 20.6 Å². The van der Waals surface area contributed by atoms with Gasteiger partial charge in [0.1, 0.15) is 5.54 Å². The molecule has 3 aromatic rings. The second-order valence-corrected chi connectivity index (χ2v) is 11.2. The molecule has 2 aromatic carbocycles. The summed E-state index contributed by atoms with van der Waals surface area (Å²) >= 11 is 1.77. The molecular weight excluding hydrogens is 722 g/mol. The molecule has 0 saturated heterocycles. The molecule has 0 spiro atoms. The van der Waals surface area contributed by atoms with Crippen LogP contribution in [0.2, 0.25) is 0 Å². The number of ether oxygens (including phenoxy) is 1. The highest BCUT2D eigenvalue weighted by molar-refractivity contribution is 14.1. The van der Waals surface area contributed by atoms with Crippen molar-refractivity contribution in [2.45, 2.75) is 63.2 Å². The molecule has 0 saturated carbocycles. The van der Waals surface area contributed by atoms with Crippen LogP contribution in [0.15, 0.2) is 42.6 Å². The average Bonchev–Trinajstić information content (AvgIpc) is 2.93. The highest BCUT2D eigenvalue weighted by Crippen LogP contribution is 2.44. The first kappa shape index (κ1) is 33.6. The number of halogens is 10. The molecule has 2 heterocycles. The van der Waals surface area contributed by atoms with Gasteiger partial charge in [0.05, 0.1) is 38.6 Å². The molecule has 2 N–H and O–H groups in total. The van der Waals surface area contributed by atoms with Crippen LogP contribution in [0.5, 0.6) is 0 Å². The van der Waals surface area contributed by atoms with Crippen LogP contribution in [-0.2, 0) is 34.5 Å². The van der Waals surface area contributed by atoms with E-state index in [0.29, 0.717) is 15.7 Å². The maximum atomic E-state index is 13.6. The Bertz CT molecular complexity index is 1510. The molecule has 1 aliphatic rings. The molecule has 16 heteroatoms. The first-order valence-corrected chi connectivity index (χ1v) is 14.2. The number of hydrogen-bond acceptors (Lipinski definition) is 6. The highest BCUT2D eigenvalue weighted by atomic mass is 127. The lowest BCUT2D eigenvalue weighted by Gasteiger charge is -2.41. The van der Waals surface area contributed by atoms with Crippen molar-refractivity contribution in [2.75, 3.05) is 17.2 Å². The normalized spacial score (nSPS) is 18.8. The minimum atomic E-state index is -5.04. The Balaban J connectivity index is 1.74. The van der Waals surface area contributed by atoms with Crippen molar-refractivity contribution in [3.05, 3.63) is 79.7 Å². The maximum absolute atomic E-state index is 13.6. The Morgan fingerprint density at radius 1 is 0.977 bits per heavy atom. The summed E-state index contributed by atoms with van der Waals surface area (Å²) in [5, 5.41) is 5.95. The van der Waals surface area contributed by atoms with Crippen LogP contribution in [0.1, 0.15) is 66.2 Å². The van der Waals surface area contributed by atoms with Crippen LogP contribution in [0.3, 0.4) is 0 Å². The van der Waals surface area contributed by atoms with Gasteiger partial charge in [-0.05, 0) is 83.5 Å². The van der Waals surface area contributed by atoms with E-state index in [1.165, 1.54) is 12.3 Å². The number of carbonyl (C=O) groups excluding carboxylic acids is 1. The number of anilines is 2. The Kier molecular flexibility index (Phi) is 9.34. The molecule has 0 fully saturated rings. The van der Waals surface area contributed by atoms with Crippen molar-refractivity contribution in [3.8, 4) is 0 Å². The molecule has 1 aromatic heterocycles. The van der Waals surface area contributed by atoms with Crippen LogP contribution < -0.4 is 10.6 Å². The molecule has 44 heavy (non-hydrogen) atoms. The zero-order valence-corrected chi connectivity index (χ0v) is 25.1. The molecule has 0 unspecified atom stereocenters. The zero-order chi connectivity index (χ0) is 32.7. The molecule has 0 bridgehead atoms. The van der Waals surface area contributed by atoms with Crippen LogP contribution in [0.4, 0.5) is 51.1 Å². The van der Waals surface area contributed by atoms with Gasteiger partial charge in [0.2, 0.25) is 5.95 Å². The SMILES string of the molecule is CCOC(=O)[C@@]1(CC)C[C@H](Nc2ncc(I)c(Cc3cc(C(F)(F)F)cc(C(F)(F)F)c3)n2)c2cc(C(F)(F)F)ccc2N1. The third-order valence-electron chi connectivity index (χ3n) is 7.09. The zero-order valence-electron chi connectivity index (χ0n) is 22.9. The van der Waals surface area contributed by atoms with Crippen molar-refractivity contribution in [3.63, 3.8) is 0 Å². The number of carbonyl (C=O) groups is 1. The summed E-state index contributed by atoms with van der Waals surface area (Å²) in [7, 11) is 0. The molecule has 0 radical (unpaired) electrons. The number of alkyl halides is 9. The van der Waals surface area contributed by atoms with Crippen LogP contribution in [0, 0.1) is 3.57 Å². The number of hydrogen-bond donors (Lipinski definition) is 2. The van der Waals surface area contributed by atoms with Gasteiger partial charge in [-0.3, -0.25) is 0 Å². The van der Waals surface area contributed by atoms with Gasteiger partial charge in [0.25, 0.3) is 0 Å². The lowest BCUT2D eigenvalue weighted by atomic mass is 9.80. The van der Waals surface area contributed by atoms with Gasteiger partial charge in [0.15, 0.2) is 0 Å². The van der Waals surface area contributed by atoms with Gasteiger partial charge >= 0.3 is 24.5 Å². The minimum absolute atomic E-state index is 0.0225. The molecule has 6 nitrogen and oxygen atoms in total. The maximum Gasteiger partial charge on any atom is 0.416 e. The van der Waals surface area contributed by atoms with Gasteiger partial charge in [0, 0.05) is 24.7 Å². The fraction of sp³-hybridized carbons (Fsp3) is 0.393. The van der Waals surface area contributed by atoms with Gasteiger partial charge in [-0.1, -0.05) is 6.92 Å². The van der Waals surface area contributed by atoms with Crippen molar-refractivity contribution in [1.29, 1.82) is 0 Å². The van der Waals surface area contributed by atoms with Crippen LogP contribution >= 0.6 is 22.6 Å². The Labute approximate surface area is 258 Å². The fourth-order valence-corrected chi connectivity index (χ4v) is 5.33. The predicted molar refractivity (Wildman–Crippen MR) is 150 cm³/mol. The number of nitrogens with zero attached hydrogens (tertiary/aromatic N) is 2.